The minimum absolute atomic E-state index is 0. The first-order valence-corrected chi connectivity index (χ1v) is 16.6. The number of rotatable bonds is 21. The maximum absolute atomic E-state index is 12.6. The highest BCUT2D eigenvalue weighted by atomic mass is 16.5. The van der Waals surface area contributed by atoms with Crippen LogP contribution in [0.2, 0.25) is 0 Å². The summed E-state index contributed by atoms with van der Waals surface area (Å²) >= 11 is 0. The van der Waals surface area contributed by atoms with Gasteiger partial charge in [-0.15, -0.1) is 5.10 Å². The zero-order valence-corrected chi connectivity index (χ0v) is 28.6. The highest BCUT2D eigenvalue weighted by molar-refractivity contribution is 6.02. The molecule has 2 aromatic rings. The van der Waals surface area contributed by atoms with E-state index < -0.39 is 47.7 Å². The first-order chi connectivity index (χ1) is 23.7. The standard InChI is InChI=1S/C36H45N5O9.2H2/c1-36(2,3)31(43)20-26(30(42)16-18-34(46)47)6-4-5-19-37-32(44)17-15-28(35(48)49)39-33(45)22-50-27-13-11-24(12-14-27)23-7-9-25(10-8-23)29-21-38-41-40-29;;/h7-14,26,28H,4-6,15-22H2,1-3H3,(H,37,44)(H,39,45)(H,46,47)(H,48,49);2*1H/t26-,28?;;/m1../s1. The number of carboxylic acid groups (broad SMARTS) is 2. The van der Waals surface area contributed by atoms with Gasteiger partial charge in [0.1, 0.15) is 29.9 Å². The number of carbonyl (C=O) groups excluding carboxylic acids is 4. The van der Waals surface area contributed by atoms with Crippen LogP contribution in [-0.2, 0) is 28.8 Å². The van der Waals surface area contributed by atoms with Crippen LogP contribution >= 0.6 is 0 Å². The van der Waals surface area contributed by atoms with Gasteiger partial charge >= 0.3 is 11.9 Å². The quantitative estimate of drug-likeness (QED) is 0.128. The lowest BCUT2D eigenvalue weighted by molar-refractivity contribution is -0.142. The predicted octanol–water partition coefficient (Wildman–Crippen LogP) is 5.09. The minimum atomic E-state index is -1.29. The lowest BCUT2D eigenvalue weighted by atomic mass is 9.81. The zero-order valence-electron chi connectivity index (χ0n) is 28.6. The van der Waals surface area contributed by atoms with Crippen LogP contribution in [0.5, 0.6) is 5.75 Å². The first kappa shape index (κ1) is 39.2. The number of benzene rings is 2. The van der Waals surface area contributed by atoms with E-state index in [0.717, 1.165) is 22.4 Å². The Hall–Kier alpha value is -5.27. The molecule has 1 aliphatic heterocycles. The van der Waals surface area contributed by atoms with Gasteiger partial charge in [0, 0.05) is 40.0 Å². The summed E-state index contributed by atoms with van der Waals surface area (Å²) in [4.78, 5) is 72.6. The summed E-state index contributed by atoms with van der Waals surface area (Å²) in [6, 6.07) is 13.6. The van der Waals surface area contributed by atoms with Crippen LogP contribution in [0, 0.1) is 11.3 Å². The van der Waals surface area contributed by atoms with Gasteiger partial charge in [0.15, 0.2) is 6.61 Å². The van der Waals surface area contributed by atoms with Gasteiger partial charge < -0.3 is 25.6 Å². The Morgan fingerprint density at radius 3 is 2.06 bits per heavy atom. The Morgan fingerprint density at radius 2 is 1.48 bits per heavy atom. The summed E-state index contributed by atoms with van der Waals surface area (Å²) in [5, 5.41) is 35.1. The molecule has 0 saturated carbocycles. The minimum Gasteiger partial charge on any atom is -0.484 e. The van der Waals surface area contributed by atoms with Crippen LogP contribution in [0.3, 0.4) is 0 Å². The van der Waals surface area contributed by atoms with Crippen molar-refractivity contribution in [2.24, 2.45) is 26.8 Å². The molecule has 272 valence electrons. The van der Waals surface area contributed by atoms with Crippen LogP contribution in [0.1, 0.15) is 80.6 Å². The third-order valence-corrected chi connectivity index (χ3v) is 8.13. The molecule has 0 radical (unpaired) electrons. The summed E-state index contributed by atoms with van der Waals surface area (Å²) in [7, 11) is 0. The van der Waals surface area contributed by atoms with E-state index in [9.17, 15) is 33.9 Å². The lowest BCUT2D eigenvalue weighted by Gasteiger charge is -2.21. The molecule has 50 heavy (non-hydrogen) atoms. The van der Waals surface area contributed by atoms with E-state index in [2.05, 4.69) is 26.1 Å². The zero-order chi connectivity index (χ0) is 36.7. The molecular formula is C36H49N5O9. The van der Waals surface area contributed by atoms with E-state index in [1.807, 2.05) is 36.4 Å². The van der Waals surface area contributed by atoms with E-state index in [1.165, 1.54) is 0 Å². The second-order valence-corrected chi connectivity index (χ2v) is 13.1. The van der Waals surface area contributed by atoms with Gasteiger partial charge in [0.25, 0.3) is 5.91 Å². The van der Waals surface area contributed by atoms with Gasteiger partial charge in [-0.3, -0.25) is 24.0 Å². The molecule has 0 aliphatic carbocycles. The number of unbranched alkanes of at least 4 members (excludes halogenated alkanes) is 1. The van der Waals surface area contributed by atoms with Crippen molar-refractivity contribution in [1.82, 2.24) is 10.6 Å². The topological polar surface area (TPSA) is 213 Å². The van der Waals surface area contributed by atoms with Crippen molar-refractivity contribution in [2.75, 3.05) is 19.7 Å². The number of ether oxygens (including phenoxy) is 1. The second kappa shape index (κ2) is 19.1. The van der Waals surface area contributed by atoms with E-state index in [1.54, 1.807) is 32.9 Å². The number of ketones is 2. The third-order valence-electron chi connectivity index (χ3n) is 8.13. The number of carboxylic acids is 2. The number of amides is 2. The average molecular weight is 696 g/mol. The molecule has 0 spiro atoms. The normalized spacial score (nSPS) is 13.5. The van der Waals surface area contributed by atoms with E-state index in [0.29, 0.717) is 31.6 Å². The van der Waals surface area contributed by atoms with Crippen LogP contribution < -0.4 is 15.4 Å². The van der Waals surface area contributed by atoms with Crippen molar-refractivity contribution in [3.8, 4) is 16.9 Å². The van der Waals surface area contributed by atoms with E-state index in [-0.39, 0.29) is 53.1 Å². The Labute approximate surface area is 293 Å². The average Bonchev–Trinajstić information content (AvgIpc) is 3.62. The Kier molecular flexibility index (Phi) is 14.9. The summed E-state index contributed by atoms with van der Waals surface area (Å²) in [6.45, 7) is 5.61. The van der Waals surface area contributed by atoms with E-state index >= 15 is 0 Å². The van der Waals surface area contributed by atoms with Gasteiger partial charge in [0.2, 0.25) is 5.91 Å². The van der Waals surface area contributed by atoms with Gasteiger partial charge in [-0.2, -0.15) is 5.11 Å². The fourth-order valence-corrected chi connectivity index (χ4v) is 5.05. The fourth-order valence-electron chi connectivity index (χ4n) is 5.05. The van der Waals surface area contributed by atoms with Crippen molar-refractivity contribution < 1.29 is 46.6 Å². The molecule has 1 unspecified atom stereocenters. The smallest absolute Gasteiger partial charge is 0.326 e. The third kappa shape index (κ3) is 13.3. The molecule has 4 N–H and O–H groups in total. The molecule has 0 aromatic heterocycles. The number of hydrogen-bond acceptors (Lipinski definition) is 10. The number of nitrogens with zero attached hydrogens (tertiary/aromatic N) is 3. The van der Waals surface area contributed by atoms with Crippen molar-refractivity contribution in [1.29, 1.82) is 0 Å². The van der Waals surface area contributed by atoms with Crippen molar-refractivity contribution >= 4 is 41.0 Å². The van der Waals surface area contributed by atoms with Crippen molar-refractivity contribution in [3.05, 3.63) is 54.1 Å². The molecule has 1 aliphatic rings. The van der Waals surface area contributed by atoms with Crippen LogP contribution in [0.15, 0.2) is 64.0 Å². The summed E-state index contributed by atoms with van der Waals surface area (Å²) < 4.78 is 5.53. The van der Waals surface area contributed by atoms with Gasteiger partial charge in [-0.25, -0.2) is 4.79 Å². The maximum atomic E-state index is 12.6. The number of Topliss-reactive ketones (excluding diaryl/α,β-unsaturated/α-hetero) is 2. The van der Waals surface area contributed by atoms with Gasteiger partial charge in [0.05, 0.1) is 12.1 Å². The number of hydrogen-bond donors (Lipinski definition) is 4. The molecule has 3 rings (SSSR count). The van der Waals surface area contributed by atoms with Gasteiger partial charge in [-0.1, -0.05) is 63.6 Å². The first-order valence-electron chi connectivity index (χ1n) is 16.6. The van der Waals surface area contributed by atoms with Crippen molar-refractivity contribution in [3.63, 3.8) is 0 Å². The number of carbonyl (C=O) groups is 6. The van der Waals surface area contributed by atoms with Crippen LogP contribution in [0.4, 0.5) is 0 Å². The molecule has 14 nitrogen and oxygen atoms in total. The summed E-state index contributed by atoms with van der Waals surface area (Å²) in [6.07, 6.45) is 0.739. The number of aliphatic carboxylic acids is 2. The van der Waals surface area contributed by atoms with Crippen LogP contribution in [-0.4, -0.2) is 77.0 Å². The van der Waals surface area contributed by atoms with E-state index in [4.69, 9.17) is 9.84 Å². The highest BCUT2D eigenvalue weighted by Crippen LogP contribution is 2.25. The molecule has 0 bridgehead atoms. The highest BCUT2D eigenvalue weighted by Gasteiger charge is 2.28. The lowest BCUT2D eigenvalue weighted by Crippen LogP contribution is -2.43. The summed E-state index contributed by atoms with van der Waals surface area (Å²) in [5.41, 5.74) is 3.03. The molecule has 2 atom stereocenters. The molecular weight excluding hydrogens is 646 g/mol. The number of nitrogens with one attached hydrogen (secondary N) is 2. The molecule has 1 heterocycles. The van der Waals surface area contributed by atoms with Gasteiger partial charge in [-0.05, 0) is 53.3 Å². The largest absolute Gasteiger partial charge is 0.484 e. The molecule has 14 heteroatoms. The molecule has 2 amide bonds. The van der Waals surface area contributed by atoms with Crippen LogP contribution in [0.25, 0.3) is 11.1 Å². The Morgan fingerprint density at radius 1 is 0.840 bits per heavy atom. The Balaban J connectivity index is 0.00000676. The molecule has 0 saturated heterocycles. The second-order valence-electron chi connectivity index (χ2n) is 13.1. The summed E-state index contributed by atoms with van der Waals surface area (Å²) in [5.74, 6) is -3.92. The fraction of sp³-hybridized carbons (Fsp3) is 0.472. The predicted molar refractivity (Wildman–Crippen MR) is 188 cm³/mol. The Bertz CT molecular complexity index is 1590. The maximum Gasteiger partial charge on any atom is 0.326 e. The monoisotopic (exact) mass is 695 g/mol. The molecule has 2 aromatic carbocycles. The SMILES string of the molecule is CC(C)(C)C(=O)C[C@@H](CCCCNC(=O)CCC(NC(=O)COc1ccc(-c2ccc(C3=NN=NC3)cc2)cc1)C(=O)O)C(=O)CCC(=O)O.[HH].[HH]. The molecule has 0 fully saturated rings. The van der Waals surface area contributed by atoms with Crippen molar-refractivity contribution in [2.45, 2.75) is 78.2 Å².